The Balaban J connectivity index is 0.00000152. The lowest BCUT2D eigenvalue weighted by Crippen LogP contribution is -2.53. The van der Waals surface area contributed by atoms with Gasteiger partial charge in [-0.15, -0.1) is 0 Å². The third-order valence-corrected chi connectivity index (χ3v) is 4.55. The number of alkyl carbamates (subject to hydrolysis) is 1. The highest BCUT2D eigenvalue weighted by Crippen LogP contribution is 2.27. The Morgan fingerprint density at radius 3 is 1.78 bits per heavy atom. The van der Waals surface area contributed by atoms with Gasteiger partial charge in [-0.2, -0.15) is 0 Å². The van der Waals surface area contributed by atoms with E-state index in [1.165, 1.54) is 11.9 Å². The molecule has 0 aliphatic carbocycles. The third-order valence-electron chi connectivity index (χ3n) is 4.55. The summed E-state index contributed by atoms with van der Waals surface area (Å²) in [7, 11) is 1.49. The van der Waals surface area contributed by atoms with Crippen LogP contribution in [0.25, 0.3) is 0 Å². The van der Waals surface area contributed by atoms with Gasteiger partial charge in [-0.1, -0.05) is 31.2 Å². The number of nitrogens with zero attached hydrogens (tertiary/aromatic N) is 1. The first-order valence-corrected chi connectivity index (χ1v) is 11.8. The summed E-state index contributed by atoms with van der Waals surface area (Å²) in [5, 5.41) is 2.26. The van der Waals surface area contributed by atoms with Crippen molar-refractivity contribution in [2.45, 2.75) is 105 Å². The zero-order valence-corrected chi connectivity index (χ0v) is 23.8. The third kappa shape index (κ3) is 13.1. The molecule has 0 saturated heterocycles. The number of ether oxygens (including phenoxy) is 3. The van der Waals surface area contributed by atoms with Crippen molar-refractivity contribution in [3.8, 4) is 0 Å². The lowest BCUT2D eigenvalue weighted by atomic mass is 9.89. The van der Waals surface area contributed by atoms with Crippen molar-refractivity contribution < 1.29 is 33.4 Å². The molecule has 0 spiro atoms. The van der Waals surface area contributed by atoms with Crippen LogP contribution in [-0.2, 0) is 23.8 Å². The van der Waals surface area contributed by atoms with Gasteiger partial charge in [0.05, 0.1) is 0 Å². The Labute approximate surface area is 215 Å². The number of carbonyl (C=O) groups is 4. The normalized spacial score (nSPS) is 13.2. The van der Waals surface area contributed by atoms with Crippen molar-refractivity contribution >= 4 is 24.6 Å². The van der Waals surface area contributed by atoms with Gasteiger partial charge in [-0.3, -0.25) is 19.8 Å². The largest absolute Gasteiger partial charge is 0.462 e. The first-order chi connectivity index (χ1) is 16.2. The van der Waals surface area contributed by atoms with Gasteiger partial charge < -0.3 is 14.2 Å². The second-order valence-electron chi connectivity index (χ2n) is 11.5. The van der Waals surface area contributed by atoms with E-state index in [1.54, 1.807) is 41.5 Å². The second-order valence-corrected chi connectivity index (χ2v) is 11.5. The molecule has 36 heavy (non-hydrogen) atoms. The van der Waals surface area contributed by atoms with E-state index in [9.17, 15) is 19.2 Å². The molecule has 0 fully saturated rings. The fourth-order valence-corrected chi connectivity index (χ4v) is 3.08. The Morgan fingerprint density at radius 1 is 0.889 bits per heavy atom. The summed E-state index contributed by atoms with van der Waals surface area (Å²) in [5.41, 5.74) is 0.0870. The molecule has 3 amide bonds. The predicted octanol–water partition coefficient (Wildman–Crippen LogP) is 5.34. The standard InChI is InChI=1S/C22H34N2O5.C5H10O2/c1-14-12-10-11-13-16(14)15(2)17(24(9)20(27)29-22(6,7)8)18(25)23-19(26)28-21(3,4)5;1-5(2,3)7-4-6/h10-13,15,17H,1-9H3,(H,23,25,26);4H,1-3H3. The van der Waals surface area contributed by atoms with Crippen molar-refractivity contribution in [2.24, 2.45) is 0 Å². The molecule has 2 unspecified atom stereocenters. The second kappa shape index (κ2) is 13.3. The van der Waals surface area contributed by atoms with Crippen molar-refractivity contribution in [2.75, 3.05) is 7.05 Å². The first-order valence-electron chi connectivity index (χ1n) is 11.8. The maximum Gasteiger partial charge on any atom is 0.414 e. The summed E-state index contributed by atoms with van der Waals surface area (Å²) in [5.74, 6) is -1.03. The van der Waals surface area contributed by atoms with E-state index in [0.29, 0.717) is 6.47 Å². The molecule has 0 radical (unpaired) electrons. The summed E-state index contributed by atoms with van der Waals surface area (Å²) in [6, 6.07) is 6.63. The number of hydrogen-bond donors (Lipinski definition) is 1. The van der Waals surface area contributed by atoms with Gasteiger partial charge >= 0.3 is 12.2 Å². The van der Waals surface area contributed by atoms with Crippen molar-refractivity contribution in [3.63, 3.8) is 0 Å². The molecule has 0 bridgehead atoms. The van der Waals surface area contributed by atoms with Crippen LogP contribution in [0.2, 0.25) is 0 Å². The van der Waals surface area contributed by atoms with Crippen LogP contribution < -0.4 is 5.32 Å². The molecular formula is C27H44N2O7. The molecule has 1 rings (SSSR count). The molecular weight excluding hydrogens is 464 g/mol. The topological polar surface area (TPSA) is 111 Å². The van der Waals surface area contributed by atoms with Gasteiger partial charge in [-0.25, -0.2) is 9.59 Å². The number of hydrogen-bond acceptors (Lipinski definition) is 7. The molecule has 9 nitrogen and oxygen atoms in total. The number of nitrogens with one attached hydrogen (secondary N) is 1. The summed E-state index contributed by atoms with van der Waals surface area (Å²) in [6.45, 7) is 20.1. The maximum absolute atomic E-state index is 13.0. The molecule has 9 heteroatoms. The van der Waals surface area contributed by atoms with E-state index in [2.05, 4.69) is 10.1 Å². The molecule has 0 aliphatic heterocycles. The van der Waals surface area contributed by atoms with Crippen LogP contribution in [0.15, 0.2) is 24.3 Å². The lowest BCUT2D eigenvalue weighted by Gasteiger charge is -2.34. The average molecular weight is 509 g/mol. The highest BCUT2D eigenvalue weighted by molar-refractivity contribution is 5.97. The van der Waals surface area contributed by atoms with Crippen LogP contribution in [0.1, 0.15) is 86.3 Å². The Kier molecular flexibility index (Phi) is 12.1. The molecule has 1 aromatic carbocycles. The molecule has 1 N–H and O–H groups in total. The zero-order valence-electron chi connectivity index (χ0n) is 23.8. The van der Waals surface area contributed by atoms with Gasteiger partial charge in [0.1, 0.15) is 22.8 Å². The number of imide groups is 1. The van der Waals surface area contributed by atoms with Crippen LogP contribution >= 0.6 is 0 Å². The van der Waals surface area contributed by atoms with E-state index < -0.39 is 41.3 Å². The number of amides is 3. The van der Waals surface area contributed by atoms with Crippen LogP contribution in [0.5, 0.6) is 0 Å². The highest BCUT2D eigenvalue weighted by atomic mass is 16.6. The molecule has 2 atom stereocenters. The number of carbonyl (C=O) groups excluding carboxylic acids is 4. The van der Waals surface area contributed by atoms with Gasteiger partial charge in [0.2, 0.25) is 0 Å². The smallest absolute Gasteiger partial charge is 0.414 e. The lowest BCUT2D eigenvalue weighted by molar-refractivity contribution is -0.138. The van der Waals surface area contributed by atoms with E-state index in [4.69, 9.17) is 9.47 Å². The number of likely N-dealkylation sites (N-methyl/N-ethyl adjacent to an activating group) is 1. The molecule has 0 heterocycles. The Bertz CT molecular complexity index is 893. The minimum absolute atomic E-state index is 0.318. The minimum atomic E-state index is -0.974. The zero-order chi connectivity index (χ0) is 28.5. The first kappa shape index (κ1) is 32.9. The maximum atomic E-state index is 13.0. The monoisotopic (exact) mass is 508 g/mol. The van der Waals surface area contributed by atoms with Crippen molar-refractivity contribution in [1.82, 2.24) is 10.2 Å². The quantitative estimate of drug-likeness (QED) is 0.422. The van der Waals surface area contributed by atoms with Crippen LogP contribution in [0.4, 0.5) is 9.59 Å². The van der Waals surface area contributed by atoms with Gasteiger partial charge in [-0.05, 0) is 80.4 Å². The minimum Gasteiger partial charge on any atom is -0.462 e. The van der Waals surface area contributed by atoms with Crippen LogP contribution in [-0.4, -0.2) is 59.4 Å². The fourth-order valence-electron chi connectivity index (χ4n) is 3.08. The van der Waals surface area contributed by atoms with Crippen LogP contribution in [0, 0.1) is 6.92 Å². The fraction of sp³-hybridized carbons (Fsp3) is 0.630. The SMILES string of the molecule is CC(C)(C)OC=O.Cc1ccccc1C(C)C(C(=O)NC(=O)OC(C)(C)C)N(C)C(=O)OC(C)(C)C. The van der Waals surface area contributed by atoms with Crippen molar-refractivity contribution in [1.29, 1.82) is 0 Å². The highest BCUT2D eigenvalue weighted by Gasteiger charge is 2.37. The molecule has 1 aromatic rings. The average Bonchev–Trinajstić information content (AvgIpc) is 2.64. The predicted molar refractivity (Wildman–Crippen MR) is 139 cm³/mol. The summed E-state index contributed by atoms with van der Waals surface area (Å²) >= 11 is 0. The number of rotatable bonds is 5. The summed E-state index contributed by atoms with van der Waals surface area (Å²) in [4.78, 5) is 48.6. The molecule has 204 valence electrons. The Hall–Kier alpha value is -3.10. The van der Waals surface area contributed by atoms with E-state index in [-0.39, 0.29) is 5.60 Å². The molecule has 0 aromatic heterocycles. The van der Waals surface area contributed by atoms with E-state index in [0.717, 1.165) is 11.1 Å². The van der Waals surface area contributed by atoms with E-state index in [1.807, 2.05) is 58.9 Å². The molecule has 0 saturated carbocycles. The van der Waals surface area contributed by atoms with E-state index >= 15 is 0 Å². The Morgan fingerprint density at radius 2 is 1.39 bits per heavy atom. The molecule has 0 aliphatic rings. The summed E-state index contributed by atoms with van der Waals surface area (Å²) < 4.78 is 15.2. The summed E-state index contributed by atoms with van der Waals surface area (Å²) in [6.07, 6.45) is -1.51. The van der Waals surface area contributed by atoms with Gasteiger partial charge in [0.25, 0.3) is 12.4 Å². The van der Waals surface area contributed by atoms with Gasteiger partial charge in [0, 0.05) is 13.0 Å². The van der Waals surface area contributed by atoms with Crippen molar-refractivity contribution in [3.05, 3.63) is 35.4 Å². The van der Waals surface area contributed by atoms with Gasteiger partial charge in [0.15, 0.2) is 0 Å². The number of benzene rings is 1. The number of aryl methyl sites for hydroxylation is 1. The van der Waals surface area contributed by atoms with Crippen LogP contribution in [0.3, 0.4) is 0 Å².